The van der Waals surface area contributed by atoms with Crippen LogP contribution in [0.4, 0.5) is 4.39 Å². The summed E-state index contributed by atoms with van der Waals surface area (Å²) in [6.45, 7) is 1.78. The predicted octanol–water partition coefficient (Wildman–Crippen LogP) is 2.33. The summed E-state index contributed by atoms with van der Waals surface area (Å²) < 4.78 is 41.3. The molecule has 0 amide bonds. The third-order valence-corrected chi connectivity index (χ3v) is 3.98. The van der Waals surface area contributed by atoms with E-state index in [9.17, 15) is 17.6 Å². The molecule has 0 unspecified atom stereocenters. The number of oxime groups is 1. The Labute approximate surface area is 132 Å². The van der Waals surface area contributed by atoms with E-state index in [1.165, 1.54) is 12.1 Å². The molecular formula is C15H12FNO5S. The third kappa shape index (κ3) is 4.13. The third-order valence-electron chi connectivity index (χ3n) is 2.86. The number of hydrogen-bond donors (Lipinski definition) is 1. The highest BCUT2D eigenvalue weighted by molar-refractivity contribution is 7.86. The lowest BCUT2D eigenvalue weighted by atomic mass is 10.1. The first kappa shape index (κ1) is 16.6. The summed E-state index contributed by atoms with van der Waals surface area (Å²) in [7, 11) is -4.25. The van der Waals surface area contributed by atoms with Gasteiger partial charge in [0.15, 0.2) is 5.71 Å². The van der Waals surface area contributed by atoms with Crippen molar-refractivity contribution in [2.24, 2.45) is 5.16 Å². The van der Waals surface area contributed by atoms with Gasteiger partial charge in [0.25, 0.3) is 0 Å². The molecule has 0 saturated carbocycles. The number of carbonyl (C=O) groups is 1. The number of rotatable bonds is 5. The van der Waals surface area contributed by atoms with Gasteiger partial charge in [0.05, 0.1) is 0 Å². The van der Waals surface area contributed by atoms with Crippen molar-refractivity contribution >= 4 is 21.8 Å². The van der Waals surface area contributed by atoms with Crippen LogP contribution in [0.1, 0.15) is 11.1 Å². The quantitative estimate of drug-likeness (QED) is 0.668. The second kappa shape index (κ2) is 6.57. The molecule has 0 spiro atoms. The minimum Gasteiger partial charge on any atom is -0.476 e. The molecular weight excluding hydrogens is 325 g/mol. The highest BCUT2D eigenvalue weighted by atomic mass is 32.2. The molecule has 6 nitrogen and oxygen atoms in total. The zero-order valence-corrected chi connectivity index (χ0v) is 12.7. The molecule has 1 N–H and O–H groups in total. The van der Waals surface area contributed by atoms with Crippen molar-refractivity contribution in [3.63, 3.8) is 0 Å². The van der Waals surface area contributed by atoms with Gasteiger partial charge in [-0.25, -0.2) is 9.18 Å². The van der Waals surface area contributed by atoms with Crippen LogP contribution in [0.2, 0.25) is 0 Å². The SMILES string of the molecule is Cc1ccc(S(=O)(=O)O/N=C(/C(=O)O)c2ccc(F)cc2)cc1. The van der Waals surface area contributed by atoms with Crippen LogP contribution < -0.4 is 0 Å². The van der Waals surface area contributed by atoms with Gasteiger partial charge in [-0.15, -0.1) is 0 Å². The Kier molecular flexibility index (Phi) is 4.75. The minimum atomic E-state index is -4.25. The Morgan fingerprint density at radius 3 is 2.17 bits per heavy atom. The lowest BCUT2D eigenvalue weighted by Crippen LogP contribution is -2.16. The largest absolute Gasteiger partial charge is 0.476 e. The van der Waals surface area contributed by atoms with Crippen LogP contribution in [0.3, 0.4) is 0 Å². The number of aryl methyl sites for hydroxylation is 1. The topological polar surface area (TPSA) is 93.0 Å². The molecule has 0 atom stereocenters. The first-order valence-electron chi connectivity index (χ1n) is 6.37. The number of halogens is 1. The second-order valence-electron chi connectivity index (χ2n) is 4.59. The fraction of sp³-hybridized carbons (Fsp3) is 0.0667. The number of nitrogens with zero attached hydrogens (tertiary/aromatic N) is 1. The van der Waals surface area contributed by atoms with Crippen LogP contribution in [0, 0.1) is 12.7 Å². The van der Waals surface area contributed by atoms with E-state index in [-0.39, 0.29) is 10.5 Å². The van der Waals surface area contributed by atoms with Gasteiger partial charge in [-0.3, -0.25) is 4.28 Å². The summed E-state index contributed by atoms with van der Waals surface area (Å²) in [5.74, 6) is -2.07. The van der Waals surface area contributed by atoms with Gasteiger partial charge < -0.3 is 5.11 Å². The van der Waals surface area contributed by atoms with E-state index in [4.69, 9.17) is 5.11 Å². The summed E-state index contributed by atoms with van der Waals surface area (Å²) in [6, 6.07) is 10.1. The molecule has 0 aromatic heterocycles. The highest BCUT2D eigenvalue weighted by Gasteiger charge is 2.19. The van der Waals surface area contributed by atoms with E-state index in [2.05, 4.69) is 9.44 Å². The smallest absolute Gasteiger partial charge is 0.358 e. The summed E-state index contributed by atoms with van der Waals surface area (Å²) in [6.07, 6.45) is 0. The molecule has 0 bridgehead atoms. The number of carboxylic acid groups (broad SMARTS) is 1. The molecule has 0 aliphatic rings. The van der Waals surface area contributed by atoms with Crippen molar-refractivity contribution in [1.29, 1.82) is 0 Å². The summed E-state index contributed by atoms with van der Waals surface area (Å²) in [5, 5.41) is 12.3. The Balaban J connectivity index is 2.32. The van der Waals surface area contributed by atoms with Gasteiger partial charge in [-0.2, -0.15) is 8.42 Å². The molecule has 120 valence electrons. The van der Waals surface area contributed by atoms with E-state index < -0.39 is 27.6 Å². The average molecular weight is 337 g/mol. The molecule has 0 saturated heterocycles. The van der Waals surface area contributed by atoms with Crippen LogP contribution in [0.25, 0.3) is 0 Å². The van der Waals surface area contributed by atoms with Gasteiger partial charge in [0.1, 0.15) is 10.7 Å². The lowest BCUT2D eigenvalue weighted by Gasteiger charge is -2.04. The predicted molar refractivity (Wildman–Crippen MR) is 80.0 cm³/mol. The van der Waals surface area contributed by atoms with Crippen LogP contribution >= 0.6 is 0 Å². The van der Waals surface area contributed by atoms with Crippen molar-refractivity contribution in [3.8, 4) is 0 Å². The molecule has 0 heterocycles. The van der Waals surface area contributed by atoms with Crippen LogP contribution in [0.5, 0.6) is 0 Å². The molecule has 23 heavy (non-hydrogen) atoms. The Morgan fingerprint density at radius 2 is 1.65 bits per heavy atom. The first-order chi connectivity index (χ1) is 10.8. The number of benzene rings is 2. The summed E-state index contributed by atoms with van der Waals surface area (Å²) in [4.78, 5) is 11.0. The van der Waals surface area contributed by atoms with Gasteiger partial charge in [0.2, 0.25) is 0 Å². The van der Waals surface area contributed by atoms with E-state index in [1.54, 1.807) is 19.1 Å². The van der Waals surface area contributed by atoms with Crippen molar-refractivity contribution in [2.45, 2.75) is 11.8 Å². The van der Waals surface area contributed by atoms with Crippen molar-refractivity contribution < 1.29 is 27.0 Å². The molecule has 2 rings (SSSR count). The van der Waals surface area contributed by atoms with E-state index in [0.717, 1.165) is 29.8 Å². The molecule has 8 heteroatoms. The van der Waals surface area contributed by atoms with Gasteiger partial charge >= 0.3 is 16.1 Å². The van der Waals surface area contributed by atoms with Gasteiger partial charge in [0, 0.05) is 5.56 Å². The second-order valence-corrected chi connectivity index (χ2v) is 6.12. The summed E-state index contributed by atoms with van der Waals surface area (Å²) >= 11 is 0. The van der Waals surface area contributed by atoms with Crippen molar-refractivity contribution in [2.75, 3.05) is 0 Å². The standard InChI is InChI=1S/C15H12FNO5S/c1-10-2-8-13(9-3-10)23(20,21)22-17-14(15(18)19)11-4-6-12(16)7-5-11/h2-9H,1H3,(H,18,19)/b17-14+. The van der Waals surface area contributed by atoms with Crippen molar-refractivity contribution in [1.82, 2.24) is 0 Å². The maximum atomic E-state index is 12.9. The number of carboxylic acids is 1. The molecule has 0 radical (unpaired) electrons. The molecule has 2 aromatic carbocycles. The highest BCUT2D eigenvalue weighted by Crippen LogP contribution is 2.14. The maximum Gasteiger partial charge on any atom is 0.358 e. The molecule has 0 aliphatic heterocycles. The fourth-order valence-electron chi connectivity index (χ4n) is 1.66. The Morgan fingerprint density at radius 1 is 1.09 bits per heavy atom. The van der Waals surface area contributed by atoms with Gasteiger partial charge in [-0.1, -0.05) is 22.9 Å². The van der Waals surface area contributed by atoms with Gasteiger partial charge in [-0.05, 0) is 43.3 Å². The minimum absolute atomic E-state index is 0.0120. The fourth-order valence-corrected chi connectivity index (χ4v) is 2.39. The average Bonchev–Trinajstić information content (AvgIpc) is 2.49. The number of aliphatic carboxylic acids is 1. The molecule has 0 fully saturated rings. The van der Waals surface area contributed by atoms with Crippen LogP contribution in [0.15, 0.2) is 58.6 Å². The zero-order chi connectivity index (χ0) is 17.0. The number of hydrogen-bond acceptors (Lipinski definition) is 5. The Bertz CT molecular complexity index is 842. The monoisotopic (exact) mass is 337 g/mol. The van der Waals surface area contributed by atoms with E-state index in [1.807, 2.05) is 0 Å². The first-order valence-corrected chi connectivity index (χ1v) is 7.78. The van der Waals surface area contributed by atoms with E-state index >= 15 is 0 Å². The van der Waals surface area contributed by atoms with Crippen LogP contribution in [-0.4, -0.2) is 25.2 Å². The maximum absolute atomic E-state index is 12.9. The van der Waals surface area contributed by atoms with Crippen molar-refractivity contribution in [3.05, 3.63) is 65.5 Å². The lowest BCUT2D eigenvalue weighted by molar-refractivity contribution is -0.129. The molecule has 0 aliphatic carbocycles. The zero-order valence-electron chi connectivity index (χ0n) is 11.9. The normalized spacial score (nSPS) is 12.0. The van der Waals surface area contributed by atoms with Crippen LogP contribution in [-0.2, 0) is 19.2 Å². The van der Waals surface area contributed by atoms with E-state index in [0.29, 0.717) is 0 Å². The molecule has 2 aromatic rings. The Hall–Kier alpha value is -2.74. The summed E-state index contributed by atoms with van der Waals surface area (Å²) in [5.41, 5.74) is 0.212.